The van der Waals surface area contributed by atoms with E-state index < -0.39 is 0 Å². The van der Waals surface area contributed by atoms with Crippen molar-refractivity contribution in [2.24, 2.45) is 0 Å². The molecule has 0 aromatic carbocycles. The normalized spacial score (nSPS) is 23.3. The lowest BCUT2D eigenvalue weighted by Crippen LogP contribution is -2.48. The molecule has 0 aromatic heterocycles. The van der Waals surface area contributed by atoms with Crippen LogP contribution in [0.3, 0.4) is 0 Å². The van der Waals surface area contributed by atoms with Crippen molar-refractivity contribution in [2.75, 3.05) is 6.54 Å². The fourth-order valence-corrected chi connectivity index (χ4v) is 1.31. The van der Waals surface area contributed by atoms with E-state index in [0.29, 0.717) is 5.54 Å². The van der Waals surface area contributed by atoms with Crippen LogP contribution in [0.25, 0.3) is 0 Å². The summed E-state index contributed by atoms with van der Waals surface area (Å²) in [6.07, 6.45) is 5.45. The van der Waals surface area contributed by atoms with E-state index in [1.54, 1.807) is 0 Å². The number of hydrogen-bond acceptors (Lipinski definition) is 1. The molecule has 1 fully saturated rings. The SMILES string of the molecule is CCCNC1(C)CCC1. The van der Waals surface area contributed by atoms with Crippen molar-refractivity contribution in [3.8, 4) is 0 Å². The zero-order chi connectivity index (χ0) is 6.74. The predicted molar refractivity (Wildman–Crippen MR) is 40.5 cm³/mol. The van der Waals surface area contributed by atoms with Crippen LogP contribution in [0.1, 0.15) is 39.5 Å². The van der Waals surface area contributed by atoms with Gasteiger partial charge in [-0.05, 0) is 39.2 Å². The zero-order valence-electron chi connectivity index (χ0n) is 6.54. The minimum absolute atomic E-state index is 0.524. The highest BCUT2D eigenvalue weighted by Gasteiger charge is 2.30. The van der Waals surface area contributed by atoms with Crippen molar-refractivity contribution in [1.82, 2.24) is 5.32 Å². The monoisotopic (exact) mass is 127 g/mol. The van der Waals surface area contributed by atoms with E-state index in [9.17, 15) is 0 Å². The summed E-state index contributed by atoms with van der Waals surface area (Å²) in [5.41, 5.74) is 0.524. The Labute approximate surface area is 57.8 Å². The molecule has 1 aliphatic rings. The Morgan fingerprint density at radius 3 is 2.44 bits per heavy atom. The molecular formula is C8H17N. The first kappa shape index (κ1) is 7.07. The highest BCUT2D eigenvalue weighted by molar-refractivity contribution is 4.90. The molecular weight excluding hydrogens is 110 g/mol. The Morgan fingerprint density at radius 2 is 2.11 bits per heavy atom. The van der Waals surface area contributed by atoms with Gasteiger partial charge in [0.25, 0.3) is 0 Å². The number of hydrogen-bond donors (Lipinski definition) is 1. The topological polar surface area (TPSA) is 12.0 Å². The molecule has 0 unspecified atom stereocenters. The van der Waals surface area contributed by atoms with Gasteiger partial charge in [0.15, 0.2) is 0 Å². The smallest absolute Gasteiger partial charge is 0.0153 e. The Morgan fingerprint density at radius 1 is 1.44 bits per heavy atom. The van der Waals surface area contributed by atoms with Crippen molar-refractivity contribution in [1.29, 1.82) is 0 Å². The lowest BCUT2D eigenvalue weighted by atomic mass is 9.78. The molecule has 1 rings (SSSR count). The second-order valence-electron chi connectivity index (χ2n) is 3.34. The summed E-state index contributed by atoms with van der Waals surface area (Å²) in [7, 11) is 0. The molecule has 0 aliphatic heterocycles. The summed E-state index contributed by atoms with van der Waals surface area (Å²) in [4.78, 5) is 0. The Hall–Kier alpha value is -0.0400. The largest absolute Gasteiger partial charge is 0.312 e. The van der Waals surface area contributed by atoms with Crippen molar-refractivity contribution in [3.63, 3.8) is 0 Å². The highest BCUT2D eigenvalue weighted by Crippen LogP contribution is 2.30. The first-order chi connectivity index (χ1) is 4.27. The summed E-state index contributed by atoms with van der Waals surface area (Å²) in [6.45, 7) is 5.73. The fraction of sp³-hybridized carbons (Fsp3) is 1.00. The average Bonchev–Trinajstić information content (AvgIpc) is 1.79. The van der Waals surface area contributed by atoms with Gasteiger partial charge in [-0.15, -0.1) is 0 Å². The molecule has 1 N–H and O–H groups in total. The maximum absolute atomic E-state index is 3.55. The molecule has 1 aliphatic carbocycles. The minimum Gasteiger partial charge on any atom is -0.312 e. The van der Waals surface area contributed by atoms with Gasteiger partial charge in [-0.2, -0.15) is 0 Å². The molecule has 0 spiro atoms. The quantitative estimate of drug-likeness (QED) is 0.611. The van der Waals surface area contributed by atoms with Crippen LogP contribution in [0.15, 0.2) is 0 Å². The van der Waals surface area contributed by atoms with Gasteiger partial charge in [-0.25, -0.2) is 0 Å². The van der Waals surface area contributed by atoms with Crippen LogP contribution >= 0.6 is 0 Å². The molecule has 9 heavy (non-hydrogen) atoms. The lowest BCUT2D eigenvalue weighted by molar-refractivity contribution is 0.210. The second-order valence-corrected chi connectivity index (χ2v) is 3.34. The summed E-state index contributed by atoms with van der Waals surface area (Å²) in [5, 5.41) is 3.55. The van der Waals surface area contributed by atoms with Crippen LogP contribution in [0.5, 0.6) is 0 Å². The van der Waals surface area contributed by atoms with Gasteiger partial charge in [0, 0.05) is 5.54 Å². The molecule has 54 valence electrons. The standard InChI is InChI=1S/C8H17N/c1-3-7-9-8(2)5-4-6-8/h9H,3-7H2,1-2H3. The van der Waals surface area contributed by atoms with Crippen molar-refractivity contribution in [2.45, 2.75) is 45.1 Å². The molecule has 0 aromatic rings. The minimum atomic E-state index is 0.524. The molecule has 1 saturated carbocycles. The Balaban J connectivity index is 2.09. The third-order valence-electron chi connectivity index (χ3n) is 2.26. The van der Waals surface area contributed by atoms with E-state index in [0.717, 1.165) is 0 Å². The van der Waals surface area contributed by atoms with Gasteiger partial charge in [0.05, 0.1) is 0 Å². The molecule has 1 heteroatoms. The van der Waals surface area contributed by atoms with Crippen LogP contribution in [0.2, 0.25) is 0 Å². The van der Waals surface area contributed by atoms with Crippen LogP contribution < -0.4 is 5.32 Å². The van der Waals surface area contributed by atoms with Crippen molar-refractivity contribution >= 4 is 0 Å². The van der Waals surface area contributed by atoms with Gasteiger partial charge in [0.2, 0.25) is 0 Å². The van der Waals surface area contributed by atoms with Crippen LogP contribution in [0.4, 0.5) is 0 Å². The van der Waals surface area contributed by atoms with Gasteiger partial charge >= 0.3 is 0 Å². The van der Waals surface area contributed by atoms with Gasteiger partial charge in [-0.1, -0.05) is 6.92 Å². The average molecular weight is 127 g/mol. The van der Waals surface area contributed by atoms with Crippen molar-refractivity contribution in [3.05, 3.63) is 0 Å². The molecule has 0 atom stereocenters. The molecule has 0 saturated heterocycles. The molecule has 0 bridgehead atoms. The van der Waals surface area contributed by atoms with E-state index in [-0.39, 0.29) is 0 Å². The van der Waals surface area contributed by atoms with Gasteiger partial charge < -0.3 is 5.32 Å². The summed E-state index contributed by atoms with van der Waals surface area (Å²) in [6, 6.07) is 0. The van der Waals surface area contributed by atoms with Gasteiger partial charge in [-0.3, -0.25) is 0 Å². The third-order valence-corrected chi connectivity index (χ3v) is 2.26. The summed E-state index contributed by atoms with van der Waals surface area (Å²) >= 11 is 0. The fourth-order valence-electron chi connectivity index (χ4n) is 1.31. The number of rotatable bonds is 3. The summed E-state index contributed by atoms with van der Waals surface area (Å²) < 4.78 is 0. The van der Waals surface area contributed by atoms with E-state index in [4.69, 9.17) is 0 Å². The Kier molecular flexibility index (Phi) is 2.12. The maximum atomic E-state index is 3.55. The molecule has 0 radical (unpaired) electrons. The van der Waals surface area contributed by atoms with E-state index >= 15 is 0 Å². The maximum Gasteiger partial charge on any atom is 0.0153 e. The zero-order valence-corrected chi connectivity index (χ0v) is 6.54. The second kappa shape index (κ2) is 2.70. The van der Waals surface area contributed by atoms with Gasteiger partial charge in [0.1, 0.15) is 0 Å². The highest BCUT2D eigenvalue weighted by atomic mass is 15.0. The molecule has 0 amide bonds. The van der Waals surface area contributed by atoms with Crippen LogP contribution in [-0.2, 0) is 0 Å². The van der Waals surface area contributed by atoms with Crippen LogP contribution in [0, 0.1) is 0 Å². The molecule has 0 heterocycles. The number of nitrogens with one attached hydrogen (secondary N) is 1. The third kappa shape index (κ3) is 1.68. The van der Waals surface area contributed by atoms with E-state index in [1.807, 2.05) is 0 Å². The summed E-state index contributed by atoms with van der Waals surface area (Å²) in [5.74, 6) is 0. The van der Waals surface area contributed by atoms with Crippen LogP contribution in [-0.4, -0.2) is 12.1 Å². The first-order valence-electron chi connectivity index (χ1n) is 4.02. The van der Waals surface area contributed by atoms with E-state index in [1.165, 1.54) is 32.2 Å². The van der Waals surface area contributed by atoms with Crippen molar-refractivity contribution < 1.29 is 0 Å². The first-order valence-corrected chi connectivity index (χ1v) is 4.02. The van der Waals surface area contributed by atoms with E-state index in [2.05, 4.69) is 19.2 Å². The Bertz CT molecular complexity index is 84.6. The predicted octanol–water partition coefficient (Wildman–Crippen LogP) is 1.93. The lowest BCUT2D eigenvalue weighted by Gasteiger charge is -2.39. The molecule has 1 nitrogen and oxygen atoms in total.